The molecule has 2 atom stereocenters. The molecular formula is C11H23N3O. The molecule has 0 aromatic heterocycles. The fourth-order valence-corrected chi connectivity index (χ4v) is 2.23. The Balaban J connectivity index is 2.39. The number of hydrogen-bond acceptors (Lipinski definition) is 3. The lowest BCUT2D eigenvalue weighted by Crippen LogP contribution is -2.50. The summed E-state index contributed by atoms with van der Waals surface area (Å²) in [7, 11) is 1.79. The third-order valence-electron chi connectivity index (χ3n) is 3.31. The van der Waals surface area contributed by atoms with Crippen molar-refractivity contribution in [2.24, 2.45) is 11.7 Å². The van der Waals surface area contributed by atoms with Gasteiger partial charge in [-0.05, 0) is 32.4 Å². The van der Waals surface area contributed by atoms with Crippen LogP contribution in [0.15, 0.2) is 0 Å². The Morgan fingerprint density at radius 3 is 2.93 bits per heavy atom. The first-order valence-corrected chi connectivity index (χ1v) is 5.86. The van der Waals surface area contributed by atoms with Crippen LogP contribution in [0.3, 0.4) is 0 Å². The summed E-state index contributed by atoms with van der Waals surface area (Å²) < 4.78 is 0. The zero-order chi connectivity index (χ0) is 11.3. The van der Waals surface area contributed by atoms with E-state index in [9.17, 15) is 4.79 Å². The van der Waals surface area contributed by atoms with Crippen molar-refractivity contribution in [3.05, 3.63) is 0 Å². The number of hydrogen-bond donors (Lipinski definition) is 2. The van der Waals surface area contributed by atoms with Crippen LogP contribution < -0.4 is 11.1 Å². The van der Waals surface area contributed by atoms with Gasteiger partial charge in [0.2, 0.25) is 5.91 Å². The van der Waals surface area contributed by atoms with E-state index >= 15 is 0 Å². The van der Waals surface area contributed by atoms with Crippen molar-refractivity contribution in [1.29, 1.82) is 0 Å². The Kier molecular flexibility index (Phi) is 5.05. The number of nitrogens with one attached hydrogen (secondary N) is 1. The van der Waals surface area contributed by atoms with Crippen molar-refractivity contribution in [2.75, 3.05) is 26.7 Å². The molecule has 0 radical (unpaired) electrons. The highest BCUT2D eigenvalue weighted by atomic mass is 16.1. The molecule has 15 heavy (non-hydrogen) atoms. The molecule has 4 heteroatoms. The molecule has 4 nitrogen and oxygen atoms in total. The maximum absolute atomic E-state index is 11.1. The molecule has 1 heterocycles. The van der Waals surface area contributed by atoms with Gasteiger partial charge in [0.1, 0.15) is 0 Å². The maximum atomic E-state index is 11.1. The average molecular weight is 213 g/mol. The first-order chi connectivity index (χ1) is 7.17. The van der Waals surface area contributed by atoms with E-state index in [-0.39, 0.29) is 11.9 Å². The van der Waals surface area contributed by atoms with Crippen LogP contribution in [0.4, 0.5) is 0 Å². The number of nitrogens with two attached hydrogens (primary N) is 1. The Hall–Kier alpha value is -0.610. The van der Waals surface area contributed by atoms with Crippen LogP contribution in [0.25, 0.3) is 0 Å². The fraction of sp³-hybridized carbons (Fsp3) is 0.909. The standard InChI is InChI=1S/C11H23N3O/c1-3-9-5-4-6-14(7-9)8-10(13-2)11(12)15/h9-10,13H,3-8H2,1-2H3,(H2,12,15). The zero-order valence-electron chi connectivity index (χ0n) is 9.83. The number of likely N-dealkylation sites (N-methyl/N-ethyl adjacent to an activating group) is 1. The molecule has 1 rings (SSSR count). The molecule has 0 bridgehead atoms. The molecule has 0 spiro atoms. The number of rotatable bonds is 5. The molecule has 1 saturated heterocycles. The SMILES string of the molecule is CCC1CCCN(CC(NC)C(N)=O)C1. The summed E-state index contributed by atoms with van der Waals surface area (Å²) in [6.45, 7) is 5.20. The Bertz CT molecular complexity index is 208. The number of amides is 1. The Morgan fingerprint density at radius 2 is 2.40 bits per heavy atom. The van der Waals surface area contributed by atoms with E-state index in [2.05, 4.69) is 17.1 Å². The highest BCUT2D eigenvalue weighted by Crippen LogP contribution is 2.18. The molecule has 1 amide bonds. The van der Waals surface area contributed by atoms with E-state index < -0.39 is 0 Å². The van der Waals surface area contributed by atoms with Crippen LogP contribution in [0, 0.1) is 5.92 Å². The van der Waals surface area contributed by atoms with Crippen molar-refractivity contribution in [3.8, 4) is 0 Å². The first-order valence-electron chi connectivity index (χ1n) is 5.86. The van der Waals surface area contributed by atoms with Crippen molar-refractivity contribution < 1.29 is 4.79 Å². The smallest absolute Gasteiger partial charge is 0.235 e. The molecule has 1 fully saturated rings. The summed E-state index contributed by atoms with van der Waals surface area (Å²) in [5.41, 5.74) is 5.30. The van der Waals surface area contributed by atoms with Crippen molar-refractivity contribution in [2.45, 2.75) is 32.2 Å². The lowest BCUT2D eigenvalue weighted by molar-refractivity contribution is -0.120. The maximum Gasteiger partial charge on any atom is 0.235 e. The number of carbonyl (C=O) groups is 1. The Labute approximate surface area is 92.2 Å². The van der Waals surface area contributed by atoms with Crippen molar-refractivity contribution in [3.63, 3.8) is 0 Å². The number of piperidine rings is 1. The van der Waals surface area contributed by atoms with Crippen LogP contribution in [-0.4, -0.2) is 43.5 Å². The minimum Gasteiger partial charge on any atom is -0.368 e. The van der Waals surface area contributed by atoms with Gasteiger partial charge in [-0.15, -0.1) is 0 Å². The number of nitrogens with zero attached hydrogens (tertiary/aromatic N) is 1. The van der Waals surface area contributed by atoms with E-state index in [0.29, 0.717) is 0 Å². The monoisotopic (exact) mass is 213 g/mol. The molecular weight excluding hydrogens is 190 g/mol. The van der Waals surface area contributed by atoms with Crippen LogP contribution >= 0.6 is 0 Å². The molecule has 1 aliphatic rings. The highest BCUT2D eigenvalue weighted by Gasteiger charge is 2.22. The van der Waals surface area contributed by atoms with E-state index in [1.807, 2.05) is 0 Å². The van der Waals surface area contributed by atoms with Gasteiger partial charge in [-0.25, -0.2) is 0 Å². The van der Waals surface area contributed by atoms with Gasteiger partial charge in [-0.2, -0.15) is 0 Å². The topological polar surface area (TPSA) is 58.4 Å². The predicted molar refractivity (Wildman–Crippen MR) is 61.5 cm³/mol. The number of carbonyl (C=O) groups excluding carboxylic acids is 1. The second-order valence-corrected chi connectivity index (χ2v) is 4.42. The molecule has 1 aliphatic heterocycles. The van der Waals surface area contributed by atoms with Gasteiger partial charge in [0.15, 0.2) is 0 Å². The summed E-state index contributed by atoms with van der Waals surface area (Å²) in [6, 6.07) is -0.208. The van der Waals surface area contributed by atoms with Gasteiger partial charge in [0.05, 0.1) is 6.04 Å². The van der Waals surface area contributed by atoms with E-state index in [1.54, 1.807) is 7.05 Å². The lowest BCUT2D eigenvalue weighted by Gasteiger charge is -2.33. The van der Waals surface area contributed by atoms with Crippen molar-refractivity contribution >= 4 is 5.91 Å². The predicted octanol–water partition coefficient (Wildman–Crippen LogP) is 0.182. The van der Waals surface area contributed by atoms with Crippen LogP contribution in [0.2, 0.25) is 0 Å². The highest BCUT2D eigenvalue weighted by molar-refractivity contribution is 5.80. The summed E-state index contributed by atoms with van der Waals surface area (Å²) in [5.74, 6) is 0.542. The summed E-state index contributed by atoms with van der Waals surface area (Å²) in [4.78, 5) is 13.4. The summed E-state index contributed by atoms with van der Waals surface area (Å²) >= 11 is 0. The van der Waals surface area contributed by atoms with Gasteiger partial charge in [0, 0.05) is 13.1 Å². The third kappa shape index (κ3) is 3.80. The molecule has 0 saturated carbocycles. The van der Waals surface area contributed by atoms with Gasteiger partial charge in [0.25, 0.3) is 0 Å². The lowest BCUT2D eigenvalue weighted by atomic mass is 9.95. The largest absolute Gasteiger partial charge is 0.368 e. The van der Waals surface area contributed by atoms with E-state index in [0.717, 1.165) is 25.6 Å². The normalized spacial score (nSPS) is 25.1. The molecule has 3 N–H and O–H groups in total. The van der Waals surface area contributed by atoms with Crippen molar-refractivity contribution in [1.82, 2.24) is 10.2 Å². The van der Waals surface area contributed by atoms with E-state index in [4.69, 9.17) is 5.73 Å². The molecule has 0 aromatic carbocycles. The van der Waals surface area contributed by atoms with Gasteiger partial charge < -0.3 is 16.0 Å². The molecule has 0 aromatic rings. The minimum atomic E-state index is -0.254. The Morgan fingerprint density at radius 1 is 1.67 bits per heavy atom. The van der Waals surface area contributed by atoms with E-state index in [1.165, 1.54) is 19.3 Å². The second-order valence-electron chi connectivity index (χ2n) is 4.42. The minimum absolute atomic E-state index is 0.208. The average Bonchev–Trinajstić information content (AvgIpc) is 2.25. The molecule has 0 aliphatic carbocycles. The van der Waals surface area contributed by atoms with Crippen LogP contribution in [0.5, 0.6) is 0 Å². The second kappa shape index (κ2) is 6.08. The quantitative estimate of drug-likeness (QED) is 0.685. The summed E-state index contributed by atoms with van der Waals surface area (Å²) in [6.07, 6.45) is 3.80. The van der Waals surface area contributed by atoms with Gasteiger partial charge in [-0.1, -0.05) is 13.3 Å². The van der Waals surface area contributed by atoms with Gasteiger partial charge in [-0.3, -0.25) is 4.79 Å². The number of likely N-dealkylation sites (tertiary alicyclic amines) is 1. The summed E-state index contributed by atoms with van der Waals surface area (Å²) in [5, 5.41) is 2.97. The zero-order valence-corrected chi connectivity index (χ0v) is 9.83. The first kappa shape index (κ1) is 12.5. The number of primary amides is 1. The van der Waals surface area contributed by atoms with Crippen LogP contribution in [-0.2, 0) is 4.79 Å². The molecule has 2 unspecified atom stereocenters. The molecule has 88 valence electrons. The third-order valence-corrected chi connectivity index (χ3v) is 3.31. The van der Waals surface area contributed by atoms with Gasteiger partial charge >= 0.3 is 0 Å². The van der Waals surface area contributed by atoms with Crippen LogP contribution in [0.1, 0.15) is 26.2 Å². The fourth-order valence-electron chi connectivity index (χ4n) is 2.23.